The minimum atomic E-state index is -0.476. The topological polar surface area (TPSA) is 67.9 Å². The Labute approximate surface area is 201 Å². The number of hydrogen-bond acceptors (Lipinski definition) is 4. The molecular weight excluding hydrogens is 428 g/mol. The average Bonchev–Trinajstić information content (AvgIpc) is 2.86. The van der Waals surface area contributed by atoms with Crippen LogP contribution in [0.25, 0.3) is 0 Å². The first-order valence-corrected chi connectivity index (χ1v) is 12.4. The molecule has 6 heteroatoms. The van der Waals surface area contributed by atoms with Crippen molar-refractivity contribution in [1.29, 1.82) is 0 Å². The zero-order chi connectivity index (χ0) is 24.0. The van der Waals surface area contributed by atoms with Crippen LogP contribution in [-0.2, 0) is 11.2 Å². The molecule has 2 aromatic rings. The molecule has 5 atom stereocenters. The molecule has 1 fully saturated rings. The fraction of sp³-hybridized carbons (Fsp3) is 0.500. The standard InChI is InChI=1S/C28H34N2O4/c1-16-8-7-11-22(17(16)2)29-27(31)25-19-9-5-6-10-20(19)28(32)30-13-12-18-14-23(33-3)24(34-4)15-21(18)26(25)30/h5-6,9-10,14-17,22,25-26H,7-8,11-13H2,1-4H3,(H,29,31)/t16-,17+,22+,25+,26+/m0/s1. The summed E-state index contributed by atoms with van der Waals surface area (Å²) in [6, 6.07) is 11.3. The lowest BCUT2D eigenvalue weighted by Crippen LogP contribution is -2.52. The predicted octanol–water partition coefficient (Wildman–Crippen LogP) is 4.48. The molecule has 0 unspecified atom stereocenters. The summed E-state index contributed by atoms with van der Waals surface area (Å²) in [6.07, 6.45) is 4.05. The van der Waals surface area contributed by atoms with Crippen LogP contribution in [0.4, 0.5) is 0 Å². The van der Waals surface area contributed by atoms with E-state index in [0.29, 0.717) is 41.9 Å². The fourth-order valence-electron chi connectivity index (χ4n) is 6.19. The highest BCUT2D eigenvalue weighted by Crippen LogP contribution is 2.48. The number of fused-ring (bicyclic) bond motifs is 4. The lowest BCUT2D eigenvalue weighted by atomic mass is 9.74. The molecule has 3 aliphatic rings. The van der Waals surface area contributed by atoms with Gasteiger partial charge in [-0.2, -0.15) is 0 Å². The van der Waals surface area contributed by atoms with Gasteiger partial charge in [0.1, 0.15) is 0 Å². The first-order valence-electron chi connectivity index (χ1n) is 12.4. The first kappa shape index (κ1) is 22.8. The minimum absolute atomic E-state index is 0.00327. The number of ether oxygens (including phenoxy) is 2. The zero-order valence-electron chi connectivity index (χ0n) is 20.5. The second kappa shape index (κ2) is 8.97. The molecule has 0 saturated heterocycles. The van der Waals surface area contributed by atoms with Crippen LogP contribution in [0.1, 0.15) is 72.1 Å². The molecule has 1 saturated carbocycles. The van der Waals surface area contributed by atoms with Crippen molar-refractivity contribution in [2.24, 2.45) is 11.8 Å². The van der Waals surface area contributed by atoms with Gasteiger partial charge in [-0.05, 0) is 59.6 Å². The molecule has 0 radical (unpaired) electrons. The quantitative estimate of drug-likeness (QED) is 0.727. The molecule has 0 aromatic heterocycles. The highest BCUT2D eigenvalue weighted by Gasteiger charge is 2.47. The lowest BCUT2D eigenvalue weighted by molar-refractivity contribution is -0.125. The number of nitrogens with zero attached hydrogens (tertiary/aromatic N) is 1. The number of amides is 2. The van der Waals surface area contributed by atoms with E-state index in [1.807, 2.05) is 41.3 Å². The van der Waals surface area contributed by atoms with Crippen molar-refractivity contribution in [2.45, 2.75) is 57.5 Å². The number of rotatable bonds is 4. The van der Waals surface area contributed by atoms with Gasteiger partial charge in [0.15, 0.2) is 11.5 Å². The van der Waals surface area contributed by atoms with Crippen molar-refractivity contribution in [3.8, 4) is 11.5 Å². The summed E-state index contributed by atoms with van der Waals surface area (Å²) >= 11 is 0. The molecule has 2 heterocycles. The number of benzene rings is 2. The van der Waals surface area contributed by atoms with Crippen molar-refractivity contribution in [2.75, 3.05) is 20.8 Å². The molecular formula is C28H34N2O4. The Morgan fingerprint density at radius 1 is 1.03 bits per heavy atom. The van der Waals surface area contributed by atoms with E-state index in [1.54, 1.807) is 14.2 Å². The third-order valence-corrected chi connectivity index (χ3v) is 8.34. The molecule has 6 nitrogen and oxygen atoms in total. The van der Waals surface area contributed by atoms with E-state index in [9.17, 15) is 9.59 Å². The Balaban J connectivity index is 1.60. The minimum Gasteiger partial charge on any atom is -0.493 e. The van der Waals surface area contributed by atoms with Crippen molar-refractivity contribution in [3.05, 3.63) is 58.7 Å². The molecule has 1 N–H and O–H groups in total. The van der Waals surface area contributed by atoms with Gasteiger partial charge >= 0.3 is 0 Å². The lowest BCUT2D eigenvalue weighted by Gasteiger charge is -2.46. The summed E-state index contributed by atoms with van der Waals surface area (Å²) < 4.78 is 11.1. The third kappa shape index (κ3) is 3.64. The molecule has 2 amide bonds. The van der Waals surface area contributed by atoms with Gasteiger partial charge in [0.25, 0.3) is 5.91 Å². The van der Waals surface area contributed by atoms with E-state index in [2.05, 4.69) is 19.2 Å². The molecule has 5 rings (SSSR count). The number of methoxy groups -OCH3 is 2. The molecule has 180 valence electrons. The summed E-state index contributed by atoms with van der Waals surface area (Å²) in [5.74, 6) is 1.82. The molecule has 2 aliphatic heterocycles. The normalized spacial score (nSPS) is 27.8. The SMILES string of the molecule is COc1cc2c(cc1OC)[C@@H]1[C@H](C(=O)N[C@@H]3CCC[C@H](C)[C@H]3C)c3ccccc3C(=O)N1CC2. The number of hydrogen-bond donors (Lipinski definition) is 1. The number of carbonyl (C=O) groups is 2. The molecule has 1 aliphatic carbocycles. The van der Waals surface area contributed by atoms with Gasteiger partial charge < -0.3 is 19.7 Å². The summed E-state index contributed by atoms with van der Waals surface area (Å²) in [6.45, 7) is 5.09. The van der Waals surface area contributed by atoms with Crippen LogP contribution in [0.3, 0.4) is 0 Å². The van der Waals surface area contributed by atoms with Gasteiger partial charge in [-0.25, -0.2) is 0 Å². The van der Waals surface area contributed by atoms with E-state index in [1.165, 1.54) is 6.42 Å². The maximum Gasteiger partial charge on any atom is 0.254 e. The van der Waals surface area contributed by atoms with Crippen LogP contribution in [0, 0.1) is 11.8 Å². The van der Waals surface area contributed by atoms with Gasteiger partial charge in [-0.1, -0.05) is 44.9 Å². The Morgan fingerprint density at radius 2 is 1.76 bits per heavy atom. The summed E-state index contributed by atoms with van der Waals surface area (Å²) in [5, 5.41) is 3.41. The monoisotopic (exact) mass is 462 g/mol. The average molecular weight is 463 g/mol. The maximum atomic E-state index is 14.0. The first-order chi connectivity index (χ1) is 16.4. The fourth-order valence-corrected chi connectivity index (χ4v) is 6.19. The molecule has 34 heavy (non-hydrogen) atoms. The number of nitrogens with one attached hydrogen (secondary N) is 1. The smallest absolute Gasteiger partial charge is 0.254 e. The maximum absolute atomic E-state index is 14.0. The van der Waals surface area contributed by atoms with E-state index < -0.39 is 5.92 Å². The Bertz CT molecular complexity index is 1110. The number of carbonyl (C=O) groups excluding carboxylic acids is 2. The van der Waals surface area contributed by atoms with E-state index >= 15 is 0 Å². The van der Waals surface area contributed by atoms with E-state index in [4.69, 9.17) is 9.47 Å². The van der Waals surface area contributed by atoms with Crippen LogP contribution >= 0.6 is 0 Å². The van der Waals surface area contributed by atoms with Crippen molar-refractivity contribution in [3.63, 3.8) is 0 Å². The van der Waals surface area contributed by atoms with Gasteiger partial charge in [-0.15, -0.1) is 0 Å². The molecule has 0 spiro atoms. The molecule has 0 bridgehead atoms. The van der Waals surface area contributed by atoms with E-state index in [-0.39, 0.29) is 23.9 Å². The summed E-state index contributed by atoms with van der Waals surface area (Å²) in [5.41, 5.74) is 3.51. The van der Waals surface area contributed by atoms with Crippen molar-refractivity contribution in [1.82, 2.24) is 10.2 Å². The van der Waals surface area contributed by atoms with Gasteiger partial charge in [-0.3, -0.25) is 9.59 Å². The highest BCUT2D eigenvalue weighted by atomic mass is 16.5. The summed E-state index contributed by atoms with van der Waals surface area (Å²) in [7, 11) is 3.24. The van der Waals surface area contributed by atoms with Gasteiger partial charge in [0.05, 0.1) is 26.2 Å². The molecule has 2 aromatic carbocycles. The highest BCUT2D eigenvalue weighted by molar-refractivity contribution is 6.01. The van der Waals surface area contributed by atoms with Gasteiger partial charge in [0, 0.05) is 18.2 Å². The van der Waals surface area contributed by atoms with E-state index in [0.717, 1.165) is 29.5 Å². The largest absolute Gasteiger partial charge is 0.493 e. The van der Waals surface area contributed by atoms with Crippen LogP contribution in [0.5, 0.6) is 11.5 Å². The Hall–Kier alpha value is -3.02. The predicted molar refractivity (Wildman–Crippen MR) is 130 cm³/mol. The van der Waals surface area contributed by atoms with Crippen LogP contribution < -0.4 is 14.8 Å². The Morgan fingerprint density at radius 3 is 2.53 bits per heavy atom. The second-order valence-corrected chi connectivity index (χ2v) is 10.0. The summed E-state index contributed by atoms with van der Waals surface area (Å²) in [4.78, 5) is 29.4. The third-order valence-electron chi connectivity index (χ3n) is 8.34. The van der Waals surface area contributed by atoms with Gasteiger partial charge in [0.2, 0.25) is 5.91 Å². The van der Waals surface area contributed by atoms with Crippen LogP contribution in [0.15, 0.2) is 36.4 Å². The van der Waals surface area contributed by atoms with Crippen molar-refractivity contribution >= 4 is 11.8 Å². The van der Waals surface area contributed by atoms with Crippen molar-refractivity contribution < 1.29 is 19.1 Å². The zero-order valence-corrected chi connectivity index (χ0v) is 20.5. The van der Waals surface area contributed by atoms with Crippen LogP contribution in [-0.4, -0.2) is 43.5 Å². The Kier molecular flexibility index (Phi) is 6.00. The second-order valence-electron chi connectivity index (χ2n) is 10.0. The van der Waals surface area contributed by atoms with Crippen LogP contribution in [0.2, 0.25) is 0 Å².